The summed E-state index contributed by atoms with van der Waals surface area (Å²) in [5, 5.41) is 0. The van der Waals surface area contributed by atoms with Crippen LogP contribution in [0.25, 0.3) is 0 Å². The predicted molar refractivity (Wildman–Crippen MR) is 46.0 cm³/mol. The third-order valence-corrected chi connectivity index (χ3v) is 1.88. The van der Waals surface area contributed by atoms with Gasteiger partial charge in [0.1, 0.15) is 0 Å². The van der Waals surface area contributed by atoms with E-state index in [4.69, 9.17) is 0 Å². The van der Waals surface area contributed by atoms with Crippen molar-refractivity contribution in [3.8, 4) is 0 Å². The summed E-state index contributed by atoms with van der Waals surface area (Å²) in [5.41, 5.74) is 0. The molecule has 11 heavy (non-hydrogen) atoms. The quantitative estimate of drug-likeness (QED) is 0.603. The van der Waals surface area contributed by atoms with Crippen molar-refractivity contribution in [1.82, 2.24) is 4.72 Å². The van der Waals surface area contributed by atoms with Gasteiger partial charge >= 0.3 is 39.9 Å². The minimum atomic E-state index is -3.44. The zero-order chi connectivity index (χ0) is 8.04. The maximum atomic E-state index is 10.7. The average Bonchev–Trinajstić information content (AvgIpc) is 1.84. The van der Waals surface area contributed by atoms with Crippen LogP contribution in [0.4, 0.5) is 0 Å². The molecule has 0 saturated carbocycles. The van der Waals surface area contributed by atoms with Crippen molar-refractivity contribution < 1.29 is 12.6 Å². The second-order valence-corrected chi connectivity index (χ2v) is 3.21. The van der Waals surface area contributed by atoms with Crippen molar-refractivity contribution in [3.05, 3.63) is 0 Å². The Hall–Kier alpha value is 0.870. The Bertz CT molecular complexity index is 169. The first-order chi connectivity index (χ1) is 4.62. The van der Waals surface area contributed by atoms with Gasteiger partial charge in [0.05, 0.1) is 6.61 Å². The summed E-state index contributed by atoms with van der Waals surface area (Å²) in [6, 6.07) is 0. The molecule has 0 radical (unpaired) electrons. The van der Waals surface area contributed by atoms with Crippen molar-refractivity contribution in [3.63, 3.8) is 0 Å². The molecule has 0 unspecified atom stereocenters. The molecule has 0 saturated heterocycles. The van der Waals surface area contributed by atoms with Gasteiger partial charge in [0.2, 0.25) is 0 Å². The Morgan fingerprint density at radius 1 is 1.36 bits per heavy atom. The molecule has 64 valence electrons. The van der Waals surface area contributed by atoms with Gasteiger partial charge in [-0.05, 0) is 6.42 Å². The molecule has 0 bridgehead atoms. The molecule has 0 amide bonds. The fourth-order valence-electron chi connectivity index (χ4n) is 0.411. The van der Waals surface area contributed by atoms with E-state index in [1.807, 2.05) is 6.92 Å². The Morgan fingerprint density at radius 3 is 2.27 bits per heavy atom. The van der Waals surface area contributed by atoms with Crippen molar-refractivity contribution >= 4 is 39.9 Å². The van der Waals surface area contributed by atoms with Crippen LogP contribution >= 0.6 is 0 Å². The molecule has 6 heteroatoms. The molecular formula is C5H14NNaO3S. The molecule has 1 N–H and O–H groups in total. The molecule has 0 aromatic carbocycles. The van der Waals surface area contributed by atoms with Crippen LogP contribution in [-0.4, -0.2) is 51.1 Å². The summed E-state index contributed by atoms with van der Waals surface area (Å²) in [5.74, 6) is 0. The van der Waals surface area contributed by atoms with E-state index in [-0.39, 0.29) is 36.2 Å². The Labute approximate surface area is 90.2 Å². The molecule has 0 aliphatic rings. The summed E-state index contributed by atoms with van der Waals surface area (Å²) in [4.78, 5) is 0. The van der Waals surface area contributed by atoms with Crippen LogP contribution in [0, 0.1) is 0 Å². The zero-order valence-electron chi connectivity index (χ0n) is 6.25. The third kappa shape index (κ3) is 8.78. The number of hydrogen-bond donors (Lipinski definition) is 1. The van der Waals surface area contributed by atoms with Crippen molar-refractivity contribution in [2.75, 3.05) is 13.2 Å². The van der Waals surface area contributed by atoms with Crippen LogP contribution in [0.15, 0.2) is 0 Å². The summed E-state index contributed by atoms with van der Waals surface area (Å²) >= 11 is 0. The normalized spacial score (nSPS) is 10.7. The first-order valence-electron chi connectivity index (χ1n) is 3.26. The van der Waals surface area contributed by atoms with Crippen LogP contribution < -0.4 is 4.72 Å². The van der Waals surface area contributed by atoms with Gasteiger partial charge in [-0.15, -0.1) is 0 Å². The fraction of sp³-hybridized carbons (Fsp3) is 1.00. The average molecular weight is 191 g/mol. The van der Waals surface area contributed by atoms with Gasteiger partial charge in [0, 0.05) is 6.54 Å². The summed E-state index contributed by atoms with van der Waals surface area (Å²) in [6.45, 7) is 4.16. The monoisotopic (exact) mass is 191 g/mol. The van der Waals surface area contributed by atoms with Crippen molar-refractivity contribution in [2.24, 2.45) is 0 Å². The van der Waals surface area contributed by atoms with Gasteiger partial charge in [-0.3, -0.25) is 4.18 Å². The van der Waals surface area contributed by atoms with Gasteiger partial charge < -0.3 is 0 Å². The summed E-state index contributed by atoms with van der Waals surface area (Å²) < 4.78 is 28.0. The predicted octanol–water partition coefficient (Wildman–Crippen LogP) is -0.381. The van der Waals surface area contributed by atoms with Crippen molar-refractivity contribution in [1.29, 1.82) is 0 Å². The van der Waals surface area contributed by atoms with Crippen LogP contribution in [-0.2, 0) is 14.5 Å². The van der Waals surface area contributed by atoms with E-state index < -0.39 is 10.3 Å². The van der Waals surface area contributed by atoms with E-state index >= 15 is 0 Å². The Morgan fingerprint density at radius 2 is 1.91 bits per heavy atom. The molecule has 0 fully saturated rings. The zero-order valence-corrected chi connectivity index (χ0v) is 7.07. The van der Waals surface area contributed by atoms with E-state index in [0.29, 0.717) is 13.0 Å². The van der Waals surface area contributed by atoms with Crippen LogP contribution in [0.5, 0.6) is 0 Å². The van der Waals surface area contributed by atoms with Gasteiger partial charge in [-0.25, -0.2) is 0 Å². The minimum absolute atomic E-state index is 0. The number of nitrogens with one attached hydrogen (secondary N) is 1. The Balaban J connectivity index is 0. The molecule has 0 aliphatic heterocycles. The van der Waals surface area contributed by atoms with Gasteiger partial charge in [0.25, 0.3) is 0 Å². The van der Waals surface area contributed by atoms with E-state index in [9.17, 15) is 8.42 Å². The second-order valence-electron chi connectivity index (χ2n) is 1.77. The molecule has 0 atom stereocenters. The van der Waals surface area contributed by atoms with Gasteiger partial charge in [-0.1, -0.05) is 13.8 Å². The standard InChI is InChI=1S/C5H13NO3S.Na.H/c1-3-5-9-10(7,8)6-4-2;;/h6H,3-5H2,1-2H3;;. The van der Waals surface area contributed by atoms with Gasteiger partial charge in [-0.2, -0.15) is 13.1 Å². The first-order valence-corrected chi connectivity index (χ1v) is 4.67. The third-order valence-electron chi connectivity index (χ3n) is 0.764. The fourth-order valence-corrected chi connectivity index (χ4v) is 1.23. The van der Waals surface area contributed by atoms with Gasteiger partial charge in [0.15, 0.2) is 0 Å². The molecule has 0 spiro atoms. The Kier molecular flexibility index (Phi) is 9.84. The molecule has 0 rings (SSSR count). The number of rotatable bonds is 5. The molecule has 0 aliphatic carbocycles. The summed E-state index contributed by atoms with van der Waals surface area (Å²) in [7, 11) is -3.44. The van der Waals surface area contributed by atoms with Crippen molar-refractivity contribution in [2.45, 2.75) is 20.3 Å². The maximum absolute atomic E-state index is 10.7. The molecular weight excluding hydrogens is 177 g/mol. The first kappa shape index (κ1) is 14.4. The second kappa shape index (κ2) is 7.52. The molecule has 4 nitrogen and oxygen atoms in total. The van der Waals surface area contributed by atoms with E-state index in [1.54, 1.807) is 6.92 Å². The molecule has 0 aromatic heterocycles. The van der Waals surface area contributed by atoms with Crippen LogP contribution in [0.3, 0.4) is 0 Å². The molecule has 0 heterocycles. The molecule has 0 aromatic rings. The topological polar surface area (TPSA) is 55.4 Å². The SMILES string of the molecule is CCCOS(=O)(=O)NCC.[NaH]. The van der Waals surface area contributed by atoms with E-state index in [1.165, 1.54) is 0 Å². The van der Waals surface area contributed by atoms with E-state index in [2.05, 4.69) is 8.91 Å². The van der Waals surface area contributed by atoms with Crippen LogP contribution in [0.2, 0.25) is 0 Å². The number of hydrogen-bond acceptors (Lipinski definition) is 3. The van der Waals surface area contributed by atoms with Crippen LogP contribution in [0.1, 0.15) is 20.3 Å². The summed E-state index contributed by atoms with van der Waals surface area (Å²) in [6.07, 6.45) is 0.699. The van der Waals surface area contributed by atoms with E-state index in [0.717, 1.165) is 0 Å².